The van der Waals surface area contributed by atoms with E-state index in [2.05, 4.69) is 0 Å². The average Bonchev–Trinajstić information content (AvgIpc) is 3.24. The number of nitrogens with two attached hydrogens (primary N) is 2. The molecule has 0 bridgehead atoms. The number of carbonyl (C=O) groups excluding carboxylic acids is 2. The average molecular weight is 275 g/mol. The molecule has 4 N–H and O–H groups in total. The molecule has 5 nitrogen and oxygen atoms in total. The summed E-state index contributed by atoms with van der Waals surface area (Å²) in [5, 5.41) is 0. The Bertz CT molecular complexity index is 483. The summed E-state index contributed by atoms with van der Waals surface area (Å²) in [6.07, 6.45) is 1.85. The van der Waals surface area contributed by atoms with Gasteiger partial charge in [-0.05, 0) is 18.4 Å². The third-order valence-electron chi connectivity index (χ3n) is 3.83. The molecular weight excluding hydrogens is 254 g/mol. The maximum atomic E-state index is 12.6. The maximum Gasteiger partial charge on any atom is 0.230 e. The lowest BCUT2D eigenvalue weighted by Gasteiger charge is -2.26. The Morgan fingerprint density at radius 1 is 1.20 bits per heavy atom. The Balaban J connectivity index is 2.08. The zero-order chi connectivity index (χ0) is 14.6. The van der Waals surface area contributed by atoms with Gasteiger partial charge < -0.3 is 16.4 Å². The SMILES string of the molecule is NCC1(C(=O)N(CCC(N)=O)Cc2ccccc2)CC1. The van der Waals surface area contributed by atoms with Crippen molar-refractivity contribution >= 4 is 11.8 Å². The summed E-state index contributed by atoms with van der Waals surface area (Å²) in [7, 11) is 0. The molecule has 1 aliphatic rings. The second-order valence-corrected chi connectivity index (χ2v) is 5.41. The molecule has 1 aromatic carbocycles. The molecule has 0 radical (unpaired) electrons. The molecule has 0 spiro atoms. The first-order valence-electron chi connectivity index (χ1n) is 6.89. The molecule has 108 valence electrons. The fraction of sp³-hybridized carbons (Fsp3) is 0.467. The number of hydrogen-bond donors (Lipinski definition) is 2. The topological polar surface area (TPSA) is 89.4 Å². The van der Waals surface area contributed by atoms with E-state index in [4.69, 9.17) is 11.5 Å². The van der Waals surface area contributed by atoms with Gasteiger partial charge in [0.2, 0.25) is 11.8 Å². The molecule has 2 rings (SSSR count). The molecule has 5 heteroatoms. The van der Waals surface area contributed by atoms with Crippen LogP contribution in [0, 0.1) is 5.41 Å². The maximum absolute atomic E-state index is 12.6. The third kappa shape index (κ3) is 3.36. The molecular formula is C15H21N3O2. The van der Waals surface area contributed by atoms with Crippen LogP contribution in [0.2, 0.25) is 0 Å². The van der Waals surface area contributed by atoms with Crippen LogP contribution in [0.15, 0.2) is 30.3 Å². The molecule has 1 aromatic rings. The largest absolute Gasteiger partial charge is 0.370 e. The number of hydrogen-bond acceptors (Lipinski definition) is 3. The number of amides is 2. The van der Waals surface area contributed by atoms with Crippen LogP contribution in [0.1, 0.15) is 24.8 Å². The molecule has 0 heterocycles. The predicted octanol–water partition coefficient (Wildman–Crippen LogP) is 0.629. The van der Waals surface area contributed by atoms with Crippen LogP contribution in [0.3, 0.4) is 0 Å². The Labute approximate surface area is 118 Å². The zero-order valence-electron chi connectivity index (χ0n) is 11.5. The lowest BCUT2D eigenvalue weighted by atomic mass is 10.0. The highest BCUT2D eigenvalue weighted by molar-refractivity contribution is 5.86. The molecule has 1 aliphatic carbocycles. The standard InChI is InChI=1S/C15H21N3O2/c16-11-15(7-8-15)14(20)18(9-6-13(17)19)10-12-4-2-1-3-5-12/h1-5H,6-11,16H2,(H2,17,19). The minimum Gasteiger partial charge on any atom is -0.370 e. The van der Waals surface area contributed by atoms with Crippen LogP contribution in [0.4, 0.5) is 0 Å². The van der Waals surface area contributed by atoms with Gasteiger partial charge in [0.05, 0.1) is 5.41 Å². The van der Waals surface area contributed by atoms with E-state index in [1.165, 1.54) is 0 Å². The first-order valence-corrected chi connectivity index (χ1v) is 6.89. The number of benzene rings is 1. The van der Waals surface area contributed by atoms with Gasteiger partial charge in [-0.2, -0.15) is 0 Å². The van der Waals surface area contributed by atoms with Crippen LogP contribution >= 0.6 is 0 Å². The summed E-state index contributed by atoms with van der Waals surface area (Å²) in [4.78, 5) is 25.3. The second kappa shape index (κ2) is 6.05. The van der Waals surface area contributed by atoms with E-state index in [0.29, 0.717) is 19.6 Å². The van der Waals surface area contributed by atoms with E-state index < -0.39 is 11.3 Å². The van der Waals surface area contributed by atoms with Crippen molar-refractivity contribution in [2.24, 2.45) is 16.9 Å². The van der Waals surface area contributed by atoms with Gasteiger partial charge in [0.25, 0.3) is 0 Å². The number of carbonyl (C=O) groups is 2. The molecule has 1 saturated carbocycles. The van der Waals surface area contributed by atoms with Crippen molar-refractivity contribution in [3.8, 4) is 0 Å². The second-order valence-electron chi connectivity index (χ2n) is 5.41. The molecule has 0 unspecified atom stereocenters. The van der Waals surface area contributed by atoms with Gasteiger partial charge in [0.1, 0.15) is 0 Å². The highest BCUT2D eigenvalue weighted by Crippen LogP contribution is 2.46. The lowest BCUT2D eigenvalue weighted by Crippen LogP contribution is -2.41. The van der Waals surface area contributed by atoms with Gasteiger partial charge in [0.15, 0.2) is 0 Å². The molecule has 0 aromatic heterocycles. The summed E-state index contributed by atoms with van der Waals surface area (Å²) in [6, 6.07) is 9.73. The van der Waals surface area contributed by atoms with Gasteiger partial charge in [-0.25, -0.2) is 0 Å². The van der Waals surface area contributed by atoms with E-state index in [1.807, 2.05) is 30.3 Å². The van der Waals surface area contributed by atoms with Crippen molar-refractivity contribution in [3.05, 3.63) is 35.9 Å². The fourth-order valence-electron chi connectivity index (χ4n) is 2.29. The van der Waals surface area contributed by atoms with Crippen LogP contribution in [0.25, 0.3) is 0 Å². The van der Waals surface area contributed by atoms with Crippen molar-refractivity contribution in [1.82, 2.24) is 4.90 Å². The zero-order valence-corrected chi connectivity index (χ0v) is 11.5. The van der Waals surface area contributed by atoms with E-state index in [0.717, 1.165) is 18.4 Å². The quantitative estimate of drug-likeness (QED) is 0.764. The van der Waals surface area contributed by atoms with Gasteiger partial charge in [-0.15, -0.1) is 0 Å². The summed E-state index contributed by atoms with van der Waals surface area (Å²) >= 11 is 0. The molecule has 0 saturated heterocycles. The molecule has 20 heavy (non-hydrogen) atoms. The normalized spacial score (nSPS) is 15.7. The highest BCUT2D eigenvalue weighted by atomic mass is 16.2. The minimum atomic E-state index is -0.396. The summed E-state index contributed by atoms with van der Waals surface area (Å²) in [6.45, 7) is 1.22. The van der Waals surface area contributed by atoms with Crippen LogP contribution in [-0.4, -0.2) is 29.8 Å². The molecule has 0 aliphatic heterocycles. The number of rotatable bonds is 7. The van der Waals surface area contributed by atoms with Gasteiger partial charge >= 0.3 is 0 Å². The van der Waals surface area contributed by atoms with Crippen LogP contribution in [-0.2, 0) is 16.1 Å². The Kier molecular flexibility index (Phi) is 4.39. The molecule has 0 atom stereocenters. The van der Waals surface area contributed by atoms with Crippen LogP contribution in [0.5, 0.6) is 0 Å². The van der Waals surface area contributed by atoms with Crippen molar-refractivity contribution < 1.29 is 9.59 Å². The Hall–Kier alpha value is -1.88. The van der Waals surface area contributed by atoms with Gasteiger partial charge in [-0.1, -0.05) is 30.3 Å². The fourth-order valence-corrected chi connectivity index (χ4v) is 2.29. The van der Waals surface area contributed by atoms with E-state index in [9.17, 15) is 9.59 Å². The minimum absolute atomic E-state index is 0.0464. The third-order valence-corrected chi connectivity index (χ3v) is 3.83. The first kappa shape index (κ1) is 14.5. The van der Waals surface area contributed by atoms with Gasteiger partial charge in [-0.3, -0.25) is 9.59 Å². The number of nitrogens with zero attached hydrogens (tertiary/aromatic N) is 1. The Morgan fingerprint density at radius 3 is 2.35 bits per heavy atom. The smallest absolute Gasteiger partial charge is 0.230 e. The van der Waals surface area contributed by atoms with E-state index in [1.54, 1.807) is 4.90 Å². The van der Waals surface area contributed by atoms with E-state index in [-0.39, 0.29) is 12.3 Å². The van der Waals surface area contributed by atoms with Crippen molar-refractivity contribution in [3.63, 3.8) is 0 Å². The van der Waals surface area contributed by atoms with Crippen molar-refractivity contribution in [2.45, 2.75) is 25.8 Å². The summed E-state index contributed by atoms with van der Waals surface area (Å²) in [5.41, 5.74) is 11.6. The molecule has 1 fully saturated rings. The Morgan fingerprint density at radius 2 is 1.85 bits per heavy atom. The summed E-state index contributed by atoms with van der Waals surface area (Å²) in [5.74, 6) is -0.349. The number of primary amides is 1. The summed E-state index contributed by atoms with van der Waals surface area (Å²) < 4.78 is 0. The van der Waals surface area contributed by atoms with Crippen LogP contribution < -0.4 is 11.5 Å². The lowest BCUT2D eigenvalue weighted by molar-refractivity contribution is -0.137. The van der Waals surface area contributed by atoms with Gasteiger partial charge in [0, 0.05) is 26.1 Å². The van der Waals surface area contributed by atoms with Crippen molar-refractivity contribution in [2.75, 3.05) is 13.1 Å². The first-order chi connectivity index (χ1) is 9.57. The van der Waals surface area contributed by atoms with Crippen molar-refractivity contribution in [1.29, 1.82) is 0 Å². The predicted molar refractivity (Wildman–Crippen MR) is 76.4 cm³/mol. The highest BCUT2D eigenvalue weighted by Gasteiger charge is 2.50. The monoisotopic (exact) mass is 275 g/mol. The molecule has 2 amide bonds. The van der Waals surface area contributed by atoms with E-state index >= 15 is 0 Å².